The van der Waals surface area contributed by atoms with Gasteiger partial charge < -0.3 is 20.7 Å². The minimum atomic E-state index is -4.56. The molecule has 0 unspecified atom stereocenters. The smallest absolute Gasteiger partial charge is 0.419 e. The van der Waals surface area contributed by atoms with Crippen molar-refractivity contribution in [3.05, 3.63) is 63.7 Å². The fourth-order valence-corrected chi connectivity index (χ4v) is 3.12. The summed E-state index contributed by atoms with van der Waals surface area (Å²) in [7, 11) is 0. The van der Waals surface area contributed by atoms with Crippen molar-refractivity contribution in [3.8, 4) is 5.75 Å². The molecule has 4 N–H and O–H groups in total. The maximum absolute atomic E-state index is 13.5. The van der Waals surface area contributed by atoms with Crippen LogP contribution in [-0.2, 0) is 19.0 Å². The Morgan fingerprint density at radius 2 is 1.63 bits per heavy atom. The molecule has 0 aliphatic heterocycles. The van der Waals surface area contributed by atoms with Crippen LogP contribution in [0.3, 0.4) is 0 Å². The number of rotatable bonds is 10. The third kappa shape index (κ3) is 6.87. The second kappa shape index (κ2) is 10.5. The zero-order valence-electron chi connectivity index (χ0n) is 16.8. The standard InChI is InChI=1S/C22H27ClF3NO3/c1-15-11-16(4-6-19(15)23)3-2-10-30-20-7-5-17(12-18(20)22(24,25)26)8-9-21(27,13-28)14-29/h4-7,11-12,28-29H,2-3,8-10,13-14,27H2,1H3. The highest BCUT2D eigenvalue weighted by atomic mass is 35.5. The van der Waals surface area contributed by atoms with E-state index in [-0.39, 0.29) is 25.2 Å². The highest BCUT2D eigenvalue weighted by Crippen LogP contribution is 2.37. The Hall–Kier alpha value is -1.80. The van der Waals surface area contributed by atoms with Gasteiger partial charge in [0.25, 0.3) is 0 Å². The molecule has 0 spiro atoms. The largest absolute Gasteiger partial charge is 0.493 e. The summed E-state index contributed by atoms with van der Waals surface area (Å²) in [6.45, 7) is 1.13. The molecule has 0 heterocycles. The van der Waals surface area contributed by atoms with Crippen LogP contribution < -0.4 is 10.5 Å². The molecule has 2 rings (SSSR count). The predicted molar refractivity (Wildman–Crippen MR) is 111 cm³/mol. The summed E-state index contributed by atoms with van der Waals surface area (Å²) in [5.41, 5.74) is 6.12. The van der Waals surface area contributed by atoms with E-state index in [1.807, 2.05) is 19.1 Å². The van der Waals surface area contributed by atoms with Gasteiger partial charge in [0.05, 0.1) is 30.9 Å². The van der Waals surface area contributed by atoms with Gasteiger partial charge in [0.2, 0.25) is 0 Å². The van der Waals surface area contributed by atoms with Crippen LogP contribution in [0, 0.1) is 6.92 Å². The van der Waals surface area contributed by atoms with E-state index in [9.17, 15) is 23.4 Å². The molecule has 0 radical (unpaired) electrons. The highest BCUT2D eigenvalue weighted by Gasteiger charge is 2.35. The second-order valence-electron chi connectivity index (χ2n) is 7.54. The zero-order chi connectivity index (χ0) is 22.4. The van der Waals surface area contributed by atoms with Crippen molar-refractivity contribution in [1.29, 1.82) is 0 Å². The molecule has 8 heteroatoms. The topological polar surface area (TPSA) is 75.7 Å². The summed E-state index contributed by atoms with van der Waals surface area (Å²) in [6, 6.07) is 9.53. The SMILES string of the molecule is Cc1cc(CCCOc2ccc(CCC(N)(CO)CO)cc2C(F)(F)F)ccc1Cl. The van der Waals surface area contributed by atoms with Crippen LogP contribution in [-0.4, -0.2) is 35.6 Å². The van der Waals surface area contributed by atoms with Gasteiger partial charge in [-0.15, -0.1) is 0 Å². The number of benzene rings is 2. The van der Waals surface area contributed by atoms with Crippen molar-refractivity contribution in [2.24, 2.45) is 5.73 Å². The van der Waals surface area contributed by atoms with Crippen molar-refractivity contribution >= 4 is 11.6 Å². The fraction of sp³-hybridized carbons (Fsp3) is 0.455. The number of ether oxygens (including phenoxy) is 1. The first-order chi connectivity index (χ1) is 14.1. The first-order valence-corrected chi connectivity index (χ1v) is 10.0. The highest BCUT2D eigenvalue weighted by molar-refractivity contribution is 6.31. The van der Waals surface area contributed by atoms with Gasteiger partial charge >= 0.3 is 6.18 Å². The molecule has 0 saturated carbocycles. The quantitative estimate of drug-likeness (QED) is 0.477. The molecule has 0 saturated heterocycles. The van der Waals surface area contributed by atoms with Crippen LogP contribution in [0.15, 0.2) is 36.4 Å². The normalized spacial score (nSPS) is 12.3. The number of halogens is 4. The fourth-order valence-electron chi connectivity index (χ4n) is 3.00. The third-order valence-electron chi connectivity index (χ3n) is 4.98. The average Bonchev–Trinajstić information content (AvgIpc) is 2.71. The summed E-state index contributed by atoms with van der Waals surface area (Å²) in [5, 5.41) is 19.1. The molecule has 2 aromatic carbocycles. The summed E-state index contributed by atoms with van der Waals surface area (Å²) < 4.78 is 45.9. The lowest BCUT2D eigenvalue weighted by molar-refractivity contribution is -0.139. The number of aliphatic hydroxyl groups is 2. The van der Waals surface area contributed by atoms with Crippen LogP contribution in [0.1, 0.15) is 35.1 Å². The number of alkyl halides is 3. The molecule has 0 bridgehead atoms. The van der Waals surface area contributed by atoms with Crippen molar-refractivity contribution in [2.45, 2.75) is 44.3 Å². The van der Waals surface area contributed by atoms with Gasteiger partial charge in [-0.25, -0.2) is 0 Å². The van der Waals surface area contributed by atoms with Crippen LogP contribution in [0.25, 0.3) is 0 Å². The Morgan fingerprint density at radius 1 is 1.00 bits per heavy atom. The van der Waals surface area contributed by atoms with Gasteiger partial charge in [0.1, 0.15) is 5.75 Å². The number of nitrogens with two attached hydrogens (primary N) is 1. The van der Waals surface area contributed by atoms with Crippen molar-refractivity contribution < 1.29 is 28.1 Å². The van der Waals surface area contributed by atoms with Crippen molar-refractivity contribution in [3.63, 3.8) is 0 Å². The van der Waals surface area contributed by atoms with Gasteiger partial charge in [-0.1, -0.05) is 29.8 Å². The number of hydrogen-bond acceptors (Lipinski definition) is 4. The lowest BCUT2D eigenvalue weighted by Gasteiger charge is -2.24. The molecule has 0 atom stereocenters. The van der Waals surface area contributed by atoms with Crippen molar-refractivity contribution in [2.75, 3.05) is 19.8 Å². The van der Waals surface area contributed by atoms with Crippen LogP contribution in [0.5, 0.6) is 5.75 Å². The first kappa shape index (κ1) is 24.5. The molecule has 4 nitrogen and oxygen atoms in total. The van der Waals surface area contributed by atoms with Crippen LogP contribution in [0.4, 0.5) is 13.2 Å². The van der Waals surface area contributed by atoms with E-state index in [1.165, 1.54) is 6.07 Å². The Labute approximate surface area is 179 Å². The van der Waals surface area contributed by atoms with E-state index in [2.05, 4.69) is 0 Å². The summed E-state index contributed by atoms with van der Waals surface area (Å²) >= 11 is 6.00. The molecule has 0 aliphatic carbocycles. The molecule has 0 aromatic heterocycles. The Morgan fingerprint density at radius 3 is 2.23 bits per heavy atom. The number of aliphatic hydroxyl groups excluding tert-OH is 2. The van der Waals surface area contributed by atoms with E-state index >= 15 is 0 Å². The van der Waals surface area contributed by atoms with Crippen LogP contribution >= 0.6 is 11.6 Å². The summed E-state index contributed by atoms with van der Waals surface area (Å²) in [4.78, 5) is 0. The molecule has 0 amide bonds. The Bertz CT molecular complexity index is 839. The lowest BCUT2D eigenvalue weighted by atomic mass is 9.93. The van der Waals surface area contributed by atoms with Gasteiger partial charge in [0.15, 0.2) is 0 Å². The summed E-state index contributed by atoms with van der Waals surface area (Å²) in [6.07, 6.45) is -3.00. The second-order valence-corrected chi connectivity index (χ2v) is 7.95. The maximum Gasteiger partial charge on any atom is 0.419 e. The molecule has 0 fully saturated rings. The first-order valence-electron chi connectivity index (χ1n) is 9.66. The van der Waals surface area contributed by atoms with E-state index in [4.69, 9.17) is 22.1 Å². The van der Waals surface area contributed by atoms with Crippen molar-refractivity contribution in [1.82, 2.24) is 0 Å². The average molecular weight is 446 g/mol. The minimum absolute atomic E-state index is 0.144. The monoisotopic (exact) mass is 445 g/mol. The predicted octanol–water partition coefficient (Wildman–Crippen LogP) is 4.29. The van der Waals surface area contributed by atoms with E-state index in [0.717, 1.165) is 17.2 Å². The van der Waals surface area contributed by atoms with E-state index in [0.29, 0.717) is 23.4 Å². The van der Waals surface area contributed by atoms with Gasteiger partial charge in [-0.3, -0.25) is 0 Å². The van der Waals surface area contributed by atoms with Gasteiger partial charge in [-0.05, 0) is 67.5 Å². The van der Waals surface area contributed by atoms with Gasteiger partial charge in [-0.2, -0.15) is 13.2 Å². The molecule has 2 aromatic rings. The van der Waals surface area contributed by atoms with Gasteiger partial charge in [0, 0.05) is 5.02 Å². The Kier molecular flexibility index (Phi) is 8.55. The zero-order valence-corrected chi connectivity index (χ0v) is 17.6. The minimum Gasteiger partial charge on any atom is -0.493 e. The van der Waals surface area contributed by atoms with E-state index in [1.54, 1.807) is 12.1 Å². The molecular weight excluding hydrogens is 419 g/mol. The molecule has 166 valence electrons. The van der Waals surface area contributed by atoms with Crippen LogP contribution in [0.2, 0.25) is 5.02 Å². The number of hydrogen-bond donors (Lipinski definition) is 3. The lowest BCUT2D eigenvalue weighted by Crippen LogP contribution is -2.47. The molecule has 30 heavy (non-hydrogen) atoms. The molecular formula is C22H27ClF3NO3. The Balaban J connectivity index is 2.01. The number of aryl methyl sites for hydroxylation is 3. The molecule has 0 aliphatic rings. The summed E-state index contributed by atoms with van der Waals surface area (Å²) in [5.74, 6) is -0.220. The third-order valence-corrected chi connectivity index (χ3v) is 5.40. The maximum atomic E-state index is 13.5. The van der Waals surface area contributed by atoms with E-state index < -0.39 is 30.5 Å².